The zero-order chi connectivity index (χ0) is 13.1. The van der Waals surface area contributed by atoms with Crippen molar-refractivity contribution in [3.63, 3.8) is 0 Å². The van der Waals surface area contributed by atoms with Crippen molar-refractivity contribution in [3.05, 3.63) is 29.3 Å². The highest BCUT2D eigenvalue weighted by Gasteiger charge is 2.21. The average Bonchev–Trinajstić information content (AvgIpc) is 2.29. The van der Waals surface area contributed by atoms with Crippen LogP contribution >= 0.6 is 7.92 Å². The van der Waals surface area contributed by atoms with Gasteiger partial charge in [0.2, 0.25) is 0 Å². The Morgan fingerprint density at radius 3 is 2.12 bits per heavy atom. The van der Waals surface area contributed by atoms with Gasteiger partial charge >= 0.3 is 0 Å². The molecular weight excluding hydrogens is 225 g/mol. The highest BCUT2D eigenvalue weighted by Crippen LogP contribution is 2.37. The minimum atomic E-state index is 0.00538. The smallest absolute Gasteiger partial charge is 0.0178 e. The molecule has 96 valence electrons. The lowest BCUT2D eigenvalue weighted by Crippen LogP contribution is -2.23. The summed E-state index contributed by atoms with van der Waals surface area (Å²) in [5, 5.41) is 1.58. The van der Waals surface area contributed by atoms with Gasteiger partial charge in [-0.15, -0.1) is 0 Å². The summed E-state index contributed by atoms with van der Waals surface area (Å²) >= 11 is 0. The molecule has 0 aromatic heterocycles. The monoisotopic (exact) mass is 251 g/mol. The van der Waals surface area contributed by atoms with Gasteiger partial charge in [-0.3, -0.25) is 0 Å². The number of hydrogen-bond donors (Lipinski definition) is 1. The van der Waals surface area contributed by atoms with Crippen molar-refractivity contribution in [1.82, 2.24) is 0 Å². The largest absolute Gasteiger partial charge is 0.326 e. The zero-order valence-electron chi connectivity index (χ0n) is 11.9. The van der Waals surface area contributed by atoms with Gasteiger partial charge in [0, 0.05) is 6.54 Å². The first-order valence-corrected chi connectivity index (χ1v) is 8.23. The maximum atomic E-state index is 5.76. The fourth-order valence-electron chi connectivity index (χ4n) is 2.15. The molecule has 17 heavy (non-hydrogen) atoms. The van der Waals surface area contributed by atoms with Crippen LogP contribution < -0.4 is 11.0 Å². The molecular formula is C15H26NP. The Labute approximate surface area is 108 Å². The van der Waals surface area contributed by atoms with Crippen molar-refractivity contribution in [2.75, 3.05) is 12.3 Å². The Morgan fingerprint density at radius 1 is 1.12 bits per heavy atom. The van der Waals surface area contributed by atoms with Gasteiger partial charge in [0.05, 0.1) is 0 Å². The van der Waals surface area contributed by atoms with Crippen LogP contribution in [0.4, 0.5) is 0 Å². The molecule has 0 fully saturated rings. The molecule has 0 aliphatic rings. The van der Waals surface area contributed by atoms with E-state index < -0.39 is 0 Å². The molecule has 0 saturated carbocycles. The van der Waals surface area contributed by atoms with E-state index in [0.29, 0.717) is 6.54 Å². The fraction of sp³-hybridized carbons (Fsp3) is 0.600. The van der Waals surface area contributed by atoms with Crippen LogP contribution in [-0.4, -0.2) is 12.3 Å². The minimum absolute atomic E-state index is 0.00538. The molecule has 0 radical (unpaired) electrons. The highest BCUT2D eigenvalue weighted by molar-refractivity contribution is 7.65. The maximum absolute atomic E-state index is 5.76. The van der Waals surface area contributed by atoms with Crippen molar-refractivity contribution in [2.24, 2.45) is 5.73 Å². The van der Waals surface area contributed by atoms with Gasteiger partial charge in [0.1, 0.15) is 0 Å². The SMILES string of the molecule is CCP(CC)c1ccc(CN)cc1C(C)(C)C. The molecule has 0 unspecified atom stereocenters. The summed E-state index contributed by atoms with van der Waals surface area (Å²) in [5.74, 6) is 0. The number of rotatable bonds is 4. The Kier molecular flexibility index (Phi) is 5.16. The van der Waals surface area contributed by atoms with Gasteiger partial charge in [-0.1, -0.05) is 60.7 Å². The molecule has 0 bridgehead atoms. The summed E-state index contributed by atoms with van der Waals surface area (Å²) in [5.41, 5.74) is 8.72. The predicted octanol–water partition coefficient (Wildman–Crippen LogP) is 3.59. The quantitative estimate of drug-likeness (QED) is 0.813. The van der Waals surface area contributed by atoms with E-state index in [1.807, 2.05) is 0 Å². The molecule has 0 atom stereocenters. The molecule has 0 spiro atoms. The first-order valence-electron chi connectivity index (χ1n) is 6.52. The Balaban J connectivity index is 3.29. The van der Waals surface area contributed by atoms with E-state index in [9.17, 15) is 0 Å². The summed E-state index contributed by atoms with van der Waals surface area (Å²) in [4.78, 5) is 0. The first kappa shape index (κ1) is 14.7. The molecule has 1 aromatic carbocycles. The second-order valence-corrected chi connectivity index (χ2v) is 8.30. The average molecular weight is 251 g/mol. The lowest BCUT2D eigenvalue weighted by Gasteiger charge is -2.27. The fourth-order valence-corrected chi connectivity index (χ4v) is 4.31. The van der Waals surface area contributed by atoms with Crippen LogP contribution in [0.3, 0.4) is 0 Å². The predicted molar refractivity (Wildman–Crippen MR) is 80.7 cm³/mol. The summed E-state index contributed by atoms with van der Waals surface area (Å²) in [6.45, 7) is 12.1. The van der Waals surface area contributed by atoms with Gasteiger partial charge in [0.25, 0.3) is 0 Å². The first-order chi connectivity index (χ1) is 7.93. The van der Waals surface area contributed by atoms with Gasteiger partial charge in [0.15, 0.2) is 0 Å². The molecule has 0 saturated heterocycles. The Morgan fingerprint density at radius 2 is 1.71 bits per heavy atom. The molecule has 0 amide bonds. The third-order valence-corrected chi connectivity index (χ3v) is 5.81. The van der Waals surface area contributed by atoms with Crippen molar-refractivity contribution >= 4 is 13.2 Å². The number of benzene rings is 1. The van der Waals surface area contributed by atoms with Crippen LogP contribution in [0.1, 0.15) is 45.7 Å². The van der Waals surface area contributed by atoms with E-state index in [2.05, 4.69) is 52.8 Å². The maximum Gasteiger partial charge on any atom is 0.0178 e. The molecule has 2 N–H and O–H groups in total. The minimum Gasteiger partial charge on any atom is -0.326 e. The highest BCUT2D eigenvalue weighted by atomic mass is 31.1. The molecule has 0 aliphatic carbocycles. The molecule has 2 heteroatoms. The van der Waals surface area contributed by atoms with Crippen molar-refractivity contribution in [2.45, 2.75) is 46.6 Å². The Bertz CT molecular complexity index is 362. The van der Waals surface area contributed by atoms with E-state index in [4.69, 9.17) is 5.73 Å². The van der Waals surface area contributed by atoms with Crippen molar-refractivity contribution < 1.29 is 0 Å². The van der Waals surface area contributed by atoms with Crippen molar-refractivity contribution in [1.29, 1.82) is 0 Å². The third kappa shape index (κ3) is 3.53. The molecule has 0 heterocycles. The Hall–Kier alpha value is -0.390. The second-order valence-electron chi connectivity index (χ2n) is 5.48. The van der Waals surface area contributed by atoms with Gasteiger partial charge in [-0.25, -0.2) is 0 Å². The van der Waals surface area contributed by atoms with Crippen molar-refractivity contribution in [3.8, 4) is 0 Å². The van der Waals surface area contributed by atoms with E-state index in [-0.39, 0.29) is 13.3 Å². The lowest BCUT2D eigenvalue weighted by atomic mass is 9.86. The zero-order valence-corrected chi connectivity index (χ0v) is 12.8. The van der Waals surface area contributed by atoms with Gasteiger partial charge in [-0.05, 0) is 34.2 Å². The molecule has 0 aliphatic heterocycles. The van der Waals surface area contributed by atoms with Crippen LogP contribution in [0.15, 0.2) is 18.2 Å². The van der Waals surface area contributed by atoms with Crippen LogP contribution in [-0.2, 0) is 12.0 Å². The number of hydrogen-bond acceptors (Lipinski definition) is 1. The number of nitrogens with two attached hydrogens (primary N) is 1. The van der Waals surface area contributed by atoms with E-state index >= 15 is 0 Å². The third-order valence-electron chi connectivity index (χ3n) is 3.21. The topological polar surface area (TPSA) is 26.0 Å². The molecule has 1 rings (SSSR count). The normalized spacial score (nSPS) is 12.2. The second kappa shape index (κ2) is 5.98. The van der Waals surface area contributed by atoms with Gasteiger partial charge in [-0.2, -0.15) is 0 Å². The van der Waals surface area contributed by atoms with Gasteiger partial charge < -0.3 is 5.73 Å². The van der Waals surface area contributed by atoms with Crippen LogP contribution in [0, 0.1) is 0 Å². The summed E-state index contributed by atoms with van der Waals surface area (Å²) in [7, 11) is 0.00538. The summed E-state index contributed by atoms with van der Waals surface area (Å²) < 4.78 is 0. The molecule has 1 aromatic rings. The van der Waals surface area contributed by atoms with E-state index in [1.165, 1.54) is 23.5 Å². The lowest BCUT2D eigenvalue weighted by molar-refractivity contribution is 0.593. The van der Waals surface area contributed by atoms with Crippen LogP contribution in [0.5, 0.6) is 0 Å². The van der Waals surface area contributed by atoms with E-state index in [0.717, 1.165) is 0 Å². The molecule has 1 nitrogen and oxygen atoms in total. The standard InChI is InChI=1S/C15H26NP/c1-6-17(7-2)14-9-8-12(11-16)10-13(14)15(3,4)5/h8-10H,6-7,11,16H2,1-5H3. The van der Waals surface area contributed by atoms with E-state index in [1.54, 1.807) is 5.30 Å². The summed E-state index contributed by atoms with van der Waals surface area (Å²) in [6, 6.07) is 6.84. The van der Waals surface area contributed by atoms with Crippen LogP contribution in [0.2, 0.25) is 0 Å². The summed E-state index contributed by atoms with van der Waals surface area (Å²) in [6.07, 6.45) is 2.55. The van der Waals surface area contributed by atoms with Crippen LogP contribution in [0.25, 0.3) is 0 Å².